The smallest absolute Gasteiger partial charge is 0.214 e. The highest BCUT2D eigenvalue weighted by Crippen LogP contribution is 2.26. The molecule has 128 valence electrons. The van der Waals surface area contributed by atoms with Gasteiger partial charge in [-0.15, -0.1) is 5.10 Å². The van der Waals surface area contributed by atoms with Crippen LogP contribution < -0.4 is 4.90 Å². The Kier molecular flexibility index (Phi) is 5.18. The van der Waals surface area contributed by atoms with Crippen LogP contribution in [0.2, 0.25) is 0 Å². The third kappa shape index (κ3) is 3.84. The molecule has 0 unspecified atom stereocenters. The highest BCUT2D eigenvalue weighted by Gasteiger charge is 2.26. The number of nitrogens with zero attached hydrogens (tertiary/aromatic N) is 6. The molecule has 0 bridgehead atoms. The summed E-state index contributed by atoms with van der Waals surface area (Å²) < 4.78 is 1.92. The van der Waals surface area contributed by atoms with Gasteiger partial charge in [-0.3, -0.25) is 4.90 Å². The van der Waals surface area contributed by atoms with Crippen molar-refractivity contribution in [2.24, 2.45) is 0 Å². The van der Waals surface area contributed by atoms with Crippen LogP contribution in [0.15, 0.2) is 6.20 Å². The maximum atomic E-state index is 4.77. The Hall–Kier alpha value is -1.18. The zero-order chi connectivity index (χ0) is 16.4. The number of likely N-dealkylation sites (tertiary alicyclic amines) is 1. The predicted octanol–water partition coefficient (Wildman–Crippen LogP) is 1.95. The molecule has 1 atom stereocenters. The summed E-state index contributed by atoms with van der Waals surface area (Å²) in [5, 5.41) is 5.86. The standard InChI is InChI=1S/C16H28N6S/c1-5-20-8-6-7-14(20)12-21(10-9-19(3)4)16-18-22-11-13(2)17-15(22)23-16/h11,14H,5-10,12H2,1-4H3/t14-/m1/s1. The van der Waals surface area contributed by atoms with E-state index in [-0.39, 0.29) is 0 Å². The molecule has 0 spiro atoms. The average molecular weight is 337 g/mol. The minimum atomic E-state index is 0.653. The van der Waals surface area contributed by atoms with Gasteiger partial charge in [-0.2, -0.15) is 0 Å². The summed E-state index contributed by atoms with van der Waals surface area (Å²) in [7, 11) is 4.26. The van der Waals surface area contributed by atoms with Crippen molar-refractivity contribution in [1.29, 1.82) is 0 Å². The van der Waals surface area contributed by atoms with Crippen LogP contribution >= 0.6 is 11.3 Å². The van der Waals surface area contributed by atoms with Crippen molar-refractivity contribution in [3.8, 4) is 0 Å². The fourth-order valence-corrected chi connectivity index (χ4v) is 4.25. The number of fused-ring (bicyclic) bond motifs is 1. The van der Waals surface area contributed by atoms with E-state index in [2.05, 4.69) is 40.7 Å². The van der Waals surface area contributed by atoms with Gasteiger partial charge in [0.2, 0.25) is 10.1 Å². The minimum absolute atomic E-state index is 0.653. The first-order chi connectivity index (χ1) is 11.1. The second kappa shape index (κ2) is 7.15. The lowest BCUT2D eigenvalue weighted by Gasteiger charge is -2.30. The summed E-state index contributed by atoms with van der Waals surface area (Å²) in [4.78, 5) is 12.8. The maximum absolute atomic E-state index is 4.77. The van der Waals surface area contributed by atoms with Crippen LogP contribution in [0.3, 0.4) is 0 Å². The molecule has 0 radical (unpaired) electrons. The van der Waals surface area contributed by atoms with E-state index in [0.29, 0.717) is 6.04 Å². The summed E-state index contributed by atoms with van der Waals surface area (Å²) in [5.74, 6) is 0. The Morgan fingerprint density at radius 3 is 2.87 bits per heavy atom. The lowest BCUT2D eigenvalue weighted by Crippen LogP contribution is -2.42. The summed E-state index contributed by atoms with van der Waals surface area (Å²) in [6.45, 7) is 9.79. The molecule has 3 rings (SSSR count). The molecular formula is C16H28N6S. The lowest BCUT2D eigenvalue weighted by molar-refractivity contribution is 0.267. The maximum Gasteiger partial charge on any atom is 0.214 e. The van der Waals surface area contributed by atoms with Crippen LogP contribution in [-0.2, 0) is 0 Å². The molecule has 7 heteroatoms. The number of anilines is 1. The Morgan fingerprint density at radius 2 is 2.17 bits per heavy atom. The first-order valence-corrected chi connectivity index (χ1v) is 9.35. The normalized spacial score (nSPS) is 19.3. The average Bonchev–Trinajstić information content (AvgIpc) is 3.16. The molecule has 0 aliphatic carbocycles. The van der Waals surface area contributed by atoms with Crippen molar-refractivity contribution in [3.05, 3.63) is 11.9 Å². The van der Waals surface area contributed by atoms with E-state index in [9.17, 15) is 0 Å². The van der Waals surface area contributed by atoms with Gasteiger partial charge in [0.15, 0.2) is 0 Å². The molecule has 23 heavy (non-hydrogen) atoms. The topological polar surface area (TPSA) is 39.9 Å². The predicted molar refractivity (Wildman–Crippen MR) is 96.6 cm³/mol. The van der Waals surface area contributed by atoms with E-state index in [4.69, 9.17) is 5.10 Å². The van der Waals surface area contributed by atoms with Crippen molar-refractivity contribution < 1.29 is 0 Å². The van der Waals surface area contributed by atoms with E-state index in [1.165, 1.54) is 19.4 Å². The van der Waals surface area contributed by atoms with Crippen molar-refractivity contribution >= 4 is 21.4 Å². The van der Waals surface area contributed by atoms with Crippen molar-refractivity contribution in [2.45, 2.75) is 32.7 Å². The van der Waals surface area contributed by atoms with Crippen LogP contribution in [0.4, 0.5) is 5.13 Å². The molecule has 2 aromatic rings. The molecule has 1 aliphatic heterocycles. The quantitative estimate of drug-likeness (QED) is 0.773. The van der Waals surface area contributed by atoms with E-state index < -0.39 is 0 Å². The number of aromatic nitrogens is 3. The molecule has 1 aliphatic rings. The molecule has 2 aromatic heterocycles. The van der Waals surface area contributed by atoms with Crippen molar-refractivity contribution in [2.75, 3.05) is 51.7 Å². The molecule has 0 N–H and O–H groups in total. The summed E-state index contributed by atoms with van der Waals surface area (Å²) >= 11 is 1.70. The number of rotatable bonds is 7. The van der Waals surface area contributed by atoms with E-state index in [1.54, 1.807) is 11.3 Å². The number of imidazole rings is 1. The monoisotopic (exact) mass is 336 g/mol. The fourth-order valence-electron chi connectivity index (χ4n) is 3.28. The molecule has 0 amide bonds. The lowest BCUT2D eigenvalue weighted by atomic mass is 10.2. The van der Waals surface area contributed by atoms with Gasteiger partial charge < -0.3 is 9.80 Å². The molecule has 1 fully saturated rings. The van der Waals surface area contributed by atoms with Gasteiger partial charge in [-0.25, -0.2) is 9.50 Å². The zero-order valence-corrected chi connectivity index (χ0v) is 15.5. The van der Waals surface area contributed by atoms with Crippen LogP contribution in [0.25, 0.3) is 4.96 Å². The SMILES string of the molecule is CCN1CCC[C@@H]1CN(CCN(C)C)c1nn2cc(C)nc2s1. The number of likely N-dealkylation sites (N-methyl/N-ethyl adjacent to an activating group) is 2. The molecule has 3 heterocycles. The van der Waals surface area contributed by atoms with Gasteiger partial charge in [-0.1, -0.05) is 18.3 Å². The number of aryl methyl sites for hydroxylation is 1. The number of hydrogen-bond acceptors (Lipinski definition) is 6. The molecule has 1 saturated heterocycles. The van der Waals surface area contributed by atoms with Gasteiger partial charge >= 0.3 is 0 Å². The van der Waals surface area contributed by atoms with E-state index in [0.717, 1.165) is 42.0 Å². The fraction of sp³-hybridized carbons (Fsp3) is 0.750. The third-order valence-corrected chi connectivity index (χ3v) is 5.56. The summed E-state index contributed by atoms with van der Waals surface area (Å²) in [6, 6.07) is 0.653. The Balaban J connectivity index is 1.77. The molecule has 6 nitrogen and oxygen atoms in total. The molecule has 0 aromatic carbocycles. The Bertz CT molecular complexity index is 602. The van der Waals surface area contributed by atoms with Crippen molar-refractivity contribution in [3.63, 3.8) is 0 Å². The van der Waals surface area contributed by atoms with Crippen molar-refractivity contribution in [1.82, 2.24) is 24.4 Å². The molecular weight excluding hydrogens is 308 g/mol. The third-order valence-electron chi connectivity index (χ3n) is 4.58. The van der Waals surface area contributed by atoms with E-state index >= 15 is 0 Å². The highest BCUT2D eigenvalue weighted by molar-refractivity contribution is 7.20. The Labute approximate surface area is 142 Å². The van der Waals surface area contributed by atoms with Gasteiger partial charge in [0.1, 0.15) is 0 Å². The van der Waals surface area contributed by atoms with Gasteiger partial charge in [0, 0.05) is 25.7 Å². The number of hydrogen-bond donors (Lipinski definition) is 0. The summed E-state index contributed by atoms with van der Waals surface area (Å²) in [6.07, 6.45) is 4.63. The Morgan fingerprint density at radius 1 is 1.35 bits per heavy atom. The first-order valence-electron chi connectivity index (χ1n) is 8.53. The first kappa shape index (κ1) is 16.7. The highest BCUT2D eigenvalue weighted by atomic mass is 32.1. The van der Waals surface area contributed by atoms with E-state index in [1.807, 2.05) is 17.6 Å². The van der Waals surface area contributed by atoms with Crippen LogP contribution in [0.1, 0.15) is 25.5 Å². The van der Waals surface area contributed by atoms with Gasteiger partial charge in [0.05, 0.1) is 11.9 Å². The summed E-state index contributed by atoms with van der Waals surface area (Å²) in [5.41, 5.74) is 1.03. The largest absolute Gasteiger partial charge is 0.344 e. The zero-order valence-electron chi connectivity index (χ0n) is 14.7. The second-order valence-corrected chi connectivity index (χ2v) is 7.60. The molecule has 0 saturated carbocycles. The van der Waals surface area contributed by atoms with Crippen LogP contribution in [-0.4, -0.2) is 77.3 Å². The van der Waals surface area contributed by atoms with Gasteiger partial charge in [-0.05, 0) is 47.0 Å². The van der Waals surface area contributed by atoms with Crippen LogP contribution in [0.5, 0.6) is 0 Å². The second-order valence-electron chi connectivity index (χ2n) is 6.67. The minimum Gasteiger partial charge on any atom is -0.344 e. The van der Waals surface area contributed by atoms with Gasteiger partial charge in [0.25, 0.3) is 0 Å². The van der Waals surface area contributed by atoms with Crippen LogP contribution in [0, 0.1) is 6.92 Å².